The van der Waals surface area contributed by atoms with E-state index in [0.29, 0.717) is 33.0 Å². The second-order valence-corrected chi connectivity index (χ2v) is 30.7. The minimum Gasteiger partial charge on any atom is -0.550 e. The molecule has 0 atom stereocenters. The van der Waals surface area contributed by atoms with Gasteiger partial charge in [-0.25, -0.2) is 0 Å². The number of unbranched alkanes of at least 4 members (excludes halogenated alkanes) is 70. The summed E-state index contributed by atoms with van der Waals surface area (Å²) >= 11 is 0. The second kappa shape index (κ2) is 115. The molecule has 0 aromatic heterocycles. The van der Waals surface area contributed by atoms with Gasteiger partial charge in [-0.15, -0.1) is 0 Å². The van der Waals surface area contributed by atoms with Gasteiger partial charge in [-0.1, -0.05) is 417 Å². The third-order valence-corrected chi connectivity index (χ3v) is 20.2. The van der Waals surface area contributed by atoms with E-state index in [0.717, 1.165) is 96.3 Å². The van der Waals surface area contributed by atoms with Crippen LogP contribution in [0.5, 0.6) is 0 Å². The van der Waals surface area contributed by atoms with E-state index in [4.69, 9.17) is 25.5 Å². The number of hydrogen-bond acceptors (Lipinski definition) is 15. The van der Waals surface area contributed by atoms with E-state index < -0.39 is 29.8 Å². The summed E-state index contributed by atoms with van der Waals surface area (Å²) in [6.07, 6.45) is 93.1. The van der Waals surface area contributed by atoms with Crippen molar-refractivity contribution < 1.29 is 75.0 Å². The number of carbonyl (C=O) groups is 5. The molecule has 0 rings (SSSR count). The zero-order chi connectivity index (χ0) is 78.0. The van der Waals surface area contributed by atoms with Gasteiger partial charge in [-0.3, -0.25) is 0 Å². The average Bonchev–Trinajstić information content (AvgIpc) is 3.86. The van der Waals surface area contributed by atoms with Gasteiger partial charge in [-0.2, -0.15) is 0 Å². The third kappa shape index (κ3) is 140. The monoisotopic (exact) mass is 1550 g/mol. The summed E-state index contributed by atoms with van der Waals surface area (Å²) in [5, 5.41) is 94.5. The van der Waals surface area contributed by atoms with Crippen molar-refractivity contribution in [3.63, 3.8) is 0 Å². The molecule has 0 unspecified atom stereocenters. The molecular formula is C90H175AlMgO15. The molecule has 0 amide bonds. The molecule has 0 radical (unpaired) electrons. The van der Waals surface area contributed by atoms with E-state index >= 15 is 0 Å². The standard InChI is InChI=1S/5C18H36O3.Al.Mg/c5*19-17-15-13-11-9-7-5-3-1-2-4-6-8-10-12-14-16-18(20)21;;/h5*19H,1-17H2,(H,20,21);;/q;;;;;+3;+2/p-5. The molecule has 630 valence electrons. The van der Waals surface area contributed by atoms with Gasteiger partial charge in [0.1, 0.15) is 0 Å². The van der Waals surface area contributed by atoms with E-state index in [1.807, 2.05) is 0 Å². The predicted molar refractivity (Wildman–Crippen MR) is 441 cm³/mol. The van der Waals surface area contributed by atoms with Crippen molar-refractivity contribution in [2.75, 3.05) is 33.0 Å². The molecule has 0 aliphatic carbocycles. The Bertz CT molecular complexity index is 1370. The fourth-order valence-electron chi connectivity index (χ4n) is 13.4. The van der Waals surface area contributed by atoms with Gasteiger partial charge in [-0.05, 0) is 96.3 Å². The number of rotatable bonds is 85. The first-order valence-electron chi connectivity index (χ1n) is 45.4. The summed E-state index contributed by atoms with van der Waals surface area (Å²) in [6.45, 7) is 1.72. The summed E-state index contributed by atoms with van der Waals surface area (Å²) in [6, 6.07) is 0. The van der Waals surface area contributed by atoms with Crippen molar-refractivity contribution in [2.45, 2.75) is 514 Å². The number of carbonyl (C=O) groups excluding carboxylic acids is 5. The zero-order valence-corrected chi connectivity index (χ0v) is 72.8. The van der Waals surface area contributed by atoms with Gasteiger partial charge >= 0.3 is 40.4 Å². The Labute approximate surface area is 687 Å². The van der Waals surface area contributed by atoms with Crippen LogP contribution in [-0.2, 0) is 24.0 Å². The summed E-state index contributed by atoms with van der Waals surface area (Å²) in [4.78, 5) is 51.1. The van der Waals surface area contributed by atoms with Crippen LogP contribution >= 0.6 is 0 Å². The normalized spacial score (nSPS) is 10.7. The largest absolute Gasteiger partial charge is 3.00 e. The minimum absolute atomic E-state index is 0. The number of aliphatic hydroxyl groups is 5. The fourth-order valence-corrected chi connectivity index (χ4v) is 13.4. The van der Waals surface area contributed by atoms with E-state index in [1.165, 1.54) is 385 Å². The molecule has 0 saturated heterocycles. The molecule has 15 nitrogen and oxygen atoms in total. The van der Waals surface area contributed by atoms with Gasteiger partial charge in [0, 0.05) is 62.9 Å². The number of aliphatic hydroxyl groups excluding tert-OH is 5. The van der Waals surface area contributed by atoms with Crippen LogP contribution in [0, 0.1) is 0 Å². The minimum atomic E-state index is -0.914. The Morgan fingerprint density at radius 1 is 0.131 bits per heavy atom. The van der Waals surface area contributed by atoms with Crippen molar-refractivity contribution in [3.05, 3.63) is 0 Å². The molecule has 0 aliphatic heterocycles. The molecule has 17 heteroatoms. The molecule has 0 aromatic carbocycles. The molecule has 0 aliphatic rings. The van der Waals surface area contributed by atoms with Crippen molar-refractivity contribution in [1.82, 2.24) is 0 Å². The van der Waals surface area contributed by atoms with Gasteiger partial charge in [0.15, 0.2) is 0 Å². The average molecular weight is 1550 g/mol. The van der Waals surface area contributed by atoms with Crippen LogP contribution in [0.2, 0.25) is 0 Å². The molecule has 0 spiro atoms. The first-order valence-corrected chi connectivity index (χ1v) is 45.4. The Balaban J connectivity index is -0.000000233. The molecule has 0 fully saturated rings. The second-order valence-electron chi connectivity index (χ2n) is 30.7. The van der Waals surface area contributed by atoms with E-state index in [-0.39, 0.29) is 72.5 Å². The maximum atomic E-state index is 10.2. The van der Waals surface area contributed by atoms with Crippen LogP contribution in [0.15, 0.2) is 0 Å². The van der Waals surface area contributed by atoms with Crippen LogP contribution in [0.25, 0.3) is 0 Å². The molecule has 107 heavy (non-hydrogen) atoms. The summed E-state index contributed by atoms with van der Waals surface area (Å²) in [5.41, 5.74) is 0. The maximum Gasteiger partial charge on any atom is 3.00 e. The Kier molecular flexibility index (Phi) is 128. The maximum absolute atomic E-state index is 10.2. The predicted octanol–water partition coefficient (Wildman–Crippen LogP) is 19.1. The molecule has 0 bridgehead atoms. The van der Waals surface area contributed by atoms with Crippen LogP contribution < -0.4 is 25.5 Å². The summed E-state index contributed by atoms with van der Waals surface area (Å²) in [7, 11) is 0. The molecule has 0 aromatic rings. The smallest absolute Gasteiger partial charge is 0.550 e. The zero-order valence-electron chi connectivity index (χ0n) is 70.2. The van der Waals surface area contributed by atoms with Crippen molar-refractivity contribution in [1.29, 1.82) is 0 Å². The SMILES string of the molecule is O=C([O-])CCCCCCCCCCCCCCCCCO.O=C([O-])CCCCCCCCCCCCCCCCCO.O=C([O-])CCCCCCCCCCCCCCCCCO.O=C([O-])CCCCCCCCCCCCCCCCCO.O=C([O-])CCCCCCCCCCCCCCCCCO.[Al+3].[Mg+2]. The fraction of sp³-hybridized carbons (Fsp3) is 0.944. The van der Waals surface area contributed by atoms with Gasteiger partial charge in [0.2, 0.25) is 0 Å². The Morgan fingerprint density at radius 2 is 0.187 bits per heavy atom. The summed E-state index contributed by atoms with van der Waals surface area (Å²) < 4.78 is 0. The van der Waals surface area contributed by atoms with Crippen molar-refractivity contribution in [3.8, 4) is 0 Å². The van der Waals surface area contributed by atoms with Crippen LogP contribution in [0.4, 0.5) is 0 Å². The first-order chi connectivity index (χ1) is 51.4. The van der Waals surface area contributed by atoms with E-state index in [9.17, 15) is 49.5 Å². The molecule has 5 N–H and O–H groups in total. The molecule has 0 saturated carbocycles. The molecular weight excluding hydrogens is 1370 g/mol. The Morgan fingerprint density at radius 3 is 0.243 bits per heavy atom. The van der Waals surface area contributed by atoms with Crippen LogP contribution in [-0.4, -0.2) is 129 Å². The quantitative estimate of drug-likeness (QED) is 0.0279. The number of aliphatic carboxylic acids is 5. The van der Waals surface area contributed by atoms with E-state index in [1.54, 1.807) is 0 Å². The van der Waals surface area contributed by atoms with Crippen LogP contribution in [0.3, 0.4) is 0 Å². The number of hydrogen-bond donors (Lipinski definition) is 5. The van der Waals surface area contributed by atoms with Gasteiger partial charge in [0.25, 0.3) is 0 Å². The number of carboxylic acids is 5. The first kappa shape index (κ1) is 119. The van der Waals surface area contributed by atoms with Crippen molar-refractivity contribution >= 4 is 70.3 Å². The van der Waals surface area contributed by atoms with Gasteiger partial charge < -0.3 is 75.0 Å². The van der Waals surface area contributed by atoms with Crippen LogP contribution in [0.1, 0.15) is 514 Å². The summed E-state index contributed by atoms with van der Waals surface area (Å²) in [5.74, 6) is -4.57. The van der Waals surface area contributed by atoms with E-state index in [2.05, 4.69) is 0 Å². The Hall–Kier alpha value is -1.55. The third-order valence-electron chi connectivity index (χ3n) is 20.2. The topological polar surface area (TPSA) is 302 Å². The molecule has 0 heterocycles. The van der Waals surface area contributed by atoms with Gasteiger partial charge in [0.05, 0.1) is 0 Å². The number of carboxylic acid groups (broad SMARTS) is 5. The van der Waals surface area contributed by atoms with Crippen molar-refractivity contribution in [2.24, 2.45) is 0 Å².